The highest BCUT2D eigenvalue weighted by Crippen LogP contribution is 2.40. The molecule has 3 aromatic carbocycles. The first-order valence-electron chi connectivity index (χ1n) is 21.1. The lowest BCUT2D eigenvalue weighted by atomic mass is 9.73. The van der Waals surface area contributed by atoms with Gasteiger partial charge in [-0.2, -0.15) is 0 Å². The summed E-state index contributed by atoms with van der Waals surface area (Å²) in [6, 6.07) is 22.1. The first-order valence-corrected chi connectivity index (χ1v) is 21.1. The van der Waals surface area contributed by atoms with E-state index in [1.807, 2.05) is 156 Å². The summed E-state index contributed by atoms with van der Waals surface area (Å²) in [5.41, 5.74) is 1.42. The Bertz CT molecular complexity index is 1800. The van der Waals surface area contributed by atoms with Crippen LogP contribution in [0, 0.1) is 17.8 Å². The van der Waals surface area contributed by atoms with Crippen molar-refractivity contribution in [2.75, 3.05) is 16.0 Å². The number of nitrogens with one attached hydrogen (secondary N) is 3. The second-order valence-corrected chi connectivity index (χ2v) is 19.9. The molecular formula is C45H60B3N3O9. The van der Waals surface area contributed by atoms with E-state index in [9.17, 15) is 14.4 Å². The van der Waals surface area contributed by atoms with Crippen LogP contribution in [0.2, 0.25) is 0 Å². The van der Waals surface area contributed by atoms with Crippen LogP contribution >= 0.6 is 0 Å². The van der Waals surface area contributed by atoms with Crippen molar-refractivity contribution in [2.45, 2.75) is 136 Å². The number of hydrogen-bond acceptors (Lipinski definition) is 9. The van der Waals surface area contributed by atoms with E-state index in [1.54, 1.807) is 0 Å². The van der Waals surface area contributed by atoms with Crippen LogP contribution in [0.4, 0.5) is 17.1 Å². The highest BCUT2D eigenvalue weighted by molar-refractivity contribution is 6.63. The summed E-state index contributed by atoms with van der Waals surface area (Å²) in [4.78, 5) is 41.9. The van der Waals surface area contributed by atoms with Crippen LogP contribution in [-0.4, -0.2) is 72.7 Å². The van der Waals surface area contributed by atoms with Gasteiger partial charge in [0.25, 0.3) is 0 Å². The molecule has 0 atom stereocenters. The van der Waals surface area contributed by atoms with Crippen molar-refractivity contribution in [3.63, 3.8) is 0 Å². The minimum absolute atomic E-state index is 0.257. The predicted octanol–water partition coefficient (Wildman–Crippen LogP) is 5.83. The summed E-state index contributed by atoms with van der Waals surface area (Å²) < 4.78 is 37.2. The first-order chi connectivity index (χ1) is 27.9. The third kappa shape index (κ3) is 8.85. The van der Waals surface area contributed by atoms with Crippen LogP contribution in [0.15, 0.2) is 72.8 Å². The van der Waals surface area contributed by atoms with Crippen molar-refractivity contribution in [1.82, 2.24) is 0 Å². The smallest absolute Gasteiger partial charge is 0.399 e. The van der Waals surface area contributed by atoms with Crippen molar-refractivity contribution in [2.24, 2.45) is 17.8 Å². The molecule has 1 saturated carbocycles. The lowest BCUT2D eigenvalue weighted by molar-refractivity contribution is -0.129. The van der Waals surface area contributed by atoms with E-state index in [1.165, 1.54) is 0 Å². The Labute approximate surface area is 356 Å². The zero-order valence-corrected chi connectivity index (χ0v) is 37.2. The summed E-state index contributed by atoms with van der Waals surface area (Å²) in [6.45, 7) is 24.1. The van der Waals surface area contributed by atoms with E-state index in [0.717, 1.165) is 16.4 Å². The van der Waals surface area contributed by atoms with Crippen molar-refractivity contribution in [3.8, 4) is 0 Å². The second kappa shape index (κ2) is 15.7. The van der Waals surface area contributed by atoms with E-state index in [2.05, 4.69) is 16.0 Å². The fraction of sp³-hybridized carbons (Fsp3) is 0.533. The zero-order valence-electron chi connectivity index (χ0n) is 37.2. The molecule has 4 fully saturated rings. The van der Waals surface area contributed by atoms with Crippen molar-refractivity contribution >= 4 is 72.5 Å². The lowest BCUT2D eigenvalue weighted by Crippen LogP contribution is -2.41. The molecule has 60 heavy (non-hydrogen) atoms. The van der Waals surface area contributed by atoms with Crippen molar-refractivity contribution in [1.29, 1.82) is 0 Å². The van der Waals surface area contributed by atoms with Gasteiger partial charge in [0.15, 0.2) is 0 Å². The third-order valence-electron chi connectivity index (χ3n) is 13.9. The van der Waals surface area contributed by atoms with E-state index in [0.29, 0.717) is 17.1 Å². The number of carbonyl (C=O) groups is 3. The quantitative estimate of drug-likeness (QED) is 0.228. The van der Waals surface area contributed by atoms with Gasteiger partial charge in [-0.05, 0) is 155 Å². The SMILES string of the molecule is CC1(C)OB(c2ccc(NC(=O)C3CC(C(=O)Nc4ccc(B5OC(C)(C)C(C)(C)O5)cc4)CC(C(=O)Nc4ccc(B5OC(C)(C)C(C)(C)O5)cc4)C3)cc2)OC1(C)C. The molecule has 0 radical (unpaired) electrons. The second-order valence-electron chi connectivity index (χ2n) is 19.9. The number of benzene rings is 3. The maximum absolute atomic E-state index is 14.0. The molecule has 3 aliphatic heterocycles. The standard InChI is InChI=1S/C45H60B3N3O9/c1-40(2)41(3,4)56-46(55-40)31-13-19-34(20-14-31)49-37(52)28-25-29(38(53)50-35-21-15-32(16-22-35)47-57-42(5,6)43(7,8)58-47)27-30(26-28)39(54)51-36-23-17-33(18-24-36)48-59-44(9,10)45(11,12)60-48/h13-24,28-30H,25-27H2,1-12H3,(H,49,52)(H,50,53)(H,51,54). The summed E-state index contributed by atoms with van der Waals surface area (Å²) in [6.07, 6.45) is 0.840. The Morgan fingerprint density at radius 3 is 0.750 bits per heavy atom. The monoisotopic (exact) mass is 819 g/mol. The molecule has 15 heteroatoms. The maximum atomic E-state index is 14.0. The van der Waals surface area contributed by atoms with Crippen molar-refractivity contribution in [3.05, 3.63) is 72.8 Å². The zero-order chi connectivity index (χ0) is 43.6. The number of carbonyl (C=O) groups excluding carboxylic acids is 3. The normalized spacial score (nSPS) is 25.8. The fourth-order valence-electron chi connectivity index (χ4n) is 7.80. The molecule has 3 N–H and O–H groups in total. The average Bonchev–Trinajstić information content (AvgIpc) is 3.64. The highest BCUT2D eigenvalue weighted by atomic mass is 16.7. The molecule has 3 heterocycles. The Hall–Kier alpha value is -3.98. The number of anilines is 3. The van der Waals surface area contributed by atoms with Crippen LogP contribution < -0.4 is 32.3 Å². The average molecular weight is 819 g/mol. The molecule has 0 unspecified atom stereocenters. The lowest BCUT2D eigenvalue weighted by Gasteiger charge is -2.33. The Morgan fingerprint density at radius 1 is 0.383 bits per heavy atom. The first kappa shape index (κ1) is 44.1. The van der Waals surface area contributed by atoms with E-state index < -0.39 is 72.7 Å². The van der Waals surface area contributed by atoms with Crippen LogP contribution in [0.25, 0.3) is 0 Å². The summed E-state index contributed by atoms with van der Waals surface area (Å²) >= 11 is 0. The molecule has 7 rings (SSSR count). The summed E-state index contributed by atoms with van der Waals surface area (Å²) in [5.74, 6) is -2.59. The van der Waals surface area contributed by atoms with Crippen LogP contribution in [0.3, 0.4) is 0 Å². The van der Waals surface area contributed by atoms with E-state index in [4.69, 9.17) is 27.9 Å². The molecule has 0 spiro atoms. The Morgan fingerprint density at radius 2 is 0.567 bits per heavy atom. The van der Waals surface area contributed by atoms with Gasteiger partial charge in [0.05, 0.1) is 33.6 Å². The van der Waals surface area contributed by atoms with Crippen molar-refractivity contribution < 1.29 is 42.3 Å². The summed E-state index contributed by atoms with van der Waals surface area (Å²) in [7, 11) is -1.59. The molecular weight excluding hydrogens is 759 g/mol. The van der Waals surface area contributed by atoms with Crippen LogP contribution in [0.1, 0.15) is 102 Å². The molecule has 0 bridgehead atoms. The molecule has 3 saturated heterocycles. The number of rotatable bonds is 9. The van der Waals surface area contributed by atoms with Gasteiger partial charge in [0.1, 0.15) is 0 Å². The maximum Gasteiger partial charge on any atom is 0.494 e. The minimum Gasteiger partial charge on any atom is -0.399 e. The van der Waals surface area contributed by atoms with Crippen LogP contribution in [0.5, 0.6) is 0 Å². The Balaban J connectivity index is 1.04. The molecule has 1 aliphatic carbocycles. The number of hydrogen-bond donors (Lipinski definition) is 3. The van der Waals surface area contributed by atoms with E-state index >= 15 is 0 Å². The van der Waals surface area contributed by atoms with Gasteiger partial charge in [0, 0.05) is 34.8 Å². The molecule has 318 valence electrons. The van der Waals surface area contributed by atoms with Gasteiger partial charge >= 0.3 is 21.4 Å². The molecule has 12 nitrogen and oxygen atoms in total. The van der Waals surface area contributed by atoms with E-state index in [-0.39, 0.29) is 37.0 Å². The molecule has 0 aromatic heterocycles. The van der Waals surface area contributed by atoms with Gasteiger partial charge in [-0.15, -0.1) is 0 Å². The van der Waals surface area contributed by atoms with Gasteiger partial charge in [0.2, 0.25) is 17.7 Å². The topological polar surface area (TPSA) is 143 Å². The Kier molecular flexibility index (Phi) is 11.6. The third-order valence-corrected chi connectivity index (χ3v) is 13.9. The minimum atomic E-state index is -0.607. The van der Waals surface area contributed by atoms with Gasteiger partial charge in [-0.25, -0.2) is 0 Å². The molecule has 4 aliphatic rings. The van der Waals surface area contributed by atoms with Gasteiger partial charge in [-0.1, -0.05) is 36.4 Å². The fourth-order valence-corrected chi connectivity index (χ4v) is 7.80. The van der Waals surface area contributed by atoms with Crippen LogP contribution in [-0.2, 0) is 42.3 Å². The van der Waals surface area contributed by atoms with Gasteiger partial charge < -0.3 is 43.9 Å². The molecule has 3 aromatic rings. The molecule has 3 amide bonds. The summed E-state index contributed by atoms with van der Waals surface area (Å²) in [5, 5.41) is 9.11. The van der Waals surface area contributed by atoms with Gasteiger partial charge in [-0.3, -0.25) is 14.4 Å². The largest absolute Gasteiger partial charge is 0.494 e. The predicted molar refractivity (Wildman–Crippen MR) is 237 cm³/mol. The highest BCUT2D eigenvalue weighted by Gasteiger charge is 2.54. The number of amides is 3.